The highest BCUT2D eigenvalue weighted by molar-refractivity contribution is 6.37. The maximum Gasteiger partial charge on any atom is 0.164 e. The van der Waals surface area contributed by atoms with Crippen LogP contribution in [0.1, 0.15) is 112 Å². The minimum Gasteiger partial charge on any atom is -0.294 e. The molecule has 0 N–H and O–H groups in total. The first-order valence-corrected chi connectivity index (χ1v) is 14.8. The standard InChI is InChI=1S/C36H40O2/c1-3-5-7-9-11-22-31(37)30-24-26-18-15-20-28-27-19-13-16-25-17-14-21-29(33(25)27)36(34(26)28)35(30)32(38)23-12-10-8-6-4-2/h13-21,24H,3-12,22-23H2,1-2H3. The molecule has 0 bridgehead atoms. The van der Waals surface area contributed by atoms with Crippen molar-refractivity contribution in [3.05, 3.63) is 71.8 Å². The van der Waals surface area contributed by atoms with Crippen molar-refractivity contribution in [1.82, 2.24) is 0 Å². The number of Topliss-reactive ketones (excluding diaryl/α,β-unsaturated/α-hetero) is 2. The van der Waals surface area contributed by atoms with Gasteiger partial charge >= 0.3 is 0 Å². The van der Waals surface area contributed by atoms with Crippen LogP contribution in [0.4, 0.5) is 0 Å². The van der Waals surface area contributed by atoms with E-state index in [9.17, 15) is 9.59 Å². The van der Waals surface area contributed by atoms with Crippen LogP contribution in [-0.4, -0.2) is 11.6 Å². The SMILES string of the molecule is CCCCCCCC(=O)c1cc2cccc3c4cccc5cccc(c(c1C(=O)CCCCCCC)c23)c54. The van der Waals surface area contributed by atoms with Crippen molar-refractivity contribution in [3.63, 3.8) is 0 Å². The predicted octanol–water partition coefficient (Wildman–Crippen LogP) is 10.8. The van der Waals surface area contributed by atoms with Crippen LogP contribution in [0.2, 0.25) is 0 Å². The quantitative estimate of drug-likeness (QED) is 0.0652. The summed E-state index contributed by atoms with van der Waals surface area (Å²) in [6, 6.07) is 21.2. The molecule has 0 heterocycles. The number of fused-ring (bicyclic) bond motifs is 2. The molecule has 0 aliphatic carbocycles. The molecule has 5 aromatic rings. The lowest BCUT2D eigenvalue weighted by atomic mass is 9.82. The van der Waals surface area contributed by atoms with Gasteiger partial charge in [-0.1, -0.05) is 120 Å². The minimum absolute atomic E-state index is 0.116. The van der Waals surface area contributed by atoms with E-state index < -0.39 is 0 Å². The van der Waals surface area contributed by atoms with Crippen LogP contribution in [-0.2, 0) is 0 Å². The molecule has 0 atom stereocenters. The Morgan fingerprint density at radius 2 is 1.05 bits per heavy atom. The van der Waals surface area contributed by atoms with Gasteiger partial charge in [0.1, 0.15) is 0 Å². The summed E-state index contributed by atoms with van der Waals surface area (Å²) in [6.07, 6.45) is 12.0. The lowest BCUT2D eigenvalue weighted by Crippen LogP contribution is -2.11. The minimum atomic E-state index is 0.116. The summed E-state index contributed by atoms with van der Waals surface area (Å²) >= 11 is 0. The van der Waals surface area contributed by atoms with Gasteiger partial charge in [-0.3, -0.25) is 9.59 Å². The first-order chi connectivity index (χ1) is 18.7. The smallest absolute Gasteiger partial charge is 0.164 e. The molecule has 0 fully saturated rings. The van der Waals surface area contributed by atoms with Crippen molar-refractivity contribution in [3.8, 4) is 0 Å². The van der Waals surface area contributed by atoms with Crippen molar-refractivity contribution < 1.29 is 9.59 Å². The molecule has 0 spiro atoms. The molecule has 0 unspecified atom stereocenters. The fourth-order valence-electron chi connectivity index (χ4n) is 6.27. The third-order valence-electron chi connectivity index (χ3n) is 8.22. The van der Waals surface area contributed by atoms with Gasteiger partial charge in [0.25, 0.3) is 0 Å². The van der Waals surface area contributed by atoms with Crippen LogP contribution in [0, 0.1) is 0 Å². The van der Waals surface area contributed by atoms with E-state index in [4.69, 9.17) is 0 Å². The van der Waals surface area contributed by atoms with E-state index in [0.29, 0.717) is 24.0 Å². The van der Waals surface area contributed by atoms with Crippen molar-refractivity contribution in [1.29, 1.82) is 0 Å². The zero-order valence-electron chi connectivity index (χ0n) is 23.1. The highest BCUT2D eigenvalue weighted by Gasteiger charge is 2.24. The Morgan fingerprint density at radius 3 is 1.68 bits per heavy atom. The predicted molar refractivity (Wildman–Crippen MR) is 163 cm³/mol. The summed E-state index contributed by atoms with van der Waals surface area (Å²) in [7, 11) is 0. The summed E-state index contributed by atoms with van der Waals surface area (Å²) in [4.78, 5) is 27.8. The molecule has 5 rings (SSSR count). The molecule has 0 saturated heterocycles. The number of unbranched alkanes of at least 4 members (excludes halogenated alkanes) is 8. The highest BCUT2D eigenvalue weighted by atomic mass is 16.1. The highest BCUT2D eigenvalue weighted by Crippen LogP contribution is 2.43. The van der Waals surface area contributed by atoms with Crippen molar-refractivity contribution in [2.75, 3.05) is 0 Å². The summed E-state index contributed by atoms with van der Waals surface area (Å²) < 4.78 is 0. The molecule has 2 nitrogen and oxygen atoms in total. The van der Waals surface area contributed by atoms with Crippen LogP contribution in [0.15, 0.2) is 60.7 Å². The second kappa shape index (κ2) is 12.1. The van der Waals surface area contributed by atoms with Crippen LogP contribution < -0.4 is 0 Å². The van der Waals surface area contributed by atoms with Crippen molar-refractivity contribution in [2.45, 2.75) is 90.9 Å². The first-order valence-electron chi connectivity index (χ1n) is 14.8. The number of hydrogen-bond donors (Lipinski definition) is 0. The second-order valence-electron chi connectivity index (χ2n) is 11.0. The zero-order valence-corrected chi connectivity index (χ0v) is 23.1. The van der Waals surface area contributed by atoms with Gasteiger partial charge in [0.15, 0.2) is 11.6 Å². The Kier molecular flexibility index (Phi) is 8.37. The van der Waals surface area contributed by atoms with Gasteiger partial charge in [-0.2, -0.15) is 0 Å². The van der Waals surface area contributed by atoms with Gasteiger partial charge in [-0.05, 0) is 56.6 Å². The molecule has 196 valence electrons. The van der Waals surface area contributed by atoms with Gasteiger partial charge in [0.05, 0.1) is 0 Å². The van der Waals surface area contributed by atoms with E-state index in [1.165, 1.54) is 48.3 Å². The van der Waals surface area contributed by atoms with Gasteiger partial charge in [-0.25, -0.2) is 0 Å². The molecule has 2 heteroatoms. The van der Waals surface area contributed by atoms with Gasteiger partial charge in [-0.15, -0.1) is 0 Å². The van der Waals surface area contributed by atoms with Gasteiger partial charge in [0.2, 0.25) is 0 Å². The molecular formula is C36H40O2. The van der Waals surface area contributed by atoms with Crippen LogP contribution >= 0.6 is 0 Å². The number of benzene rings is 5. The summed E-state index contributed by atoms with van der Waals surface area (Å²) in [6.45, 7) is 4.42. The number of hydrogen-bond acceptors (Lipinski definition) is 2. The normalized spacial score (nSPS) is 11.8. The molecule has 0 radical (unpaired) electrons. The average Bonchev–Trinajstić information content (AvgIpc) is 2.94. The lowest BCUT2D eigenvalue weighted by Gasteiger charge is -2.19. The summed E-state index contributed by atoms with van der Waals surface area (Å²) in [5.41, 5.74) is 1.30. The third kappa shape index (κ3) is 5.06. The maximum atomic E-state index is 14.1. The number of rotatable bonds is 14. The fraction of sp³-hybridized carbons (Fsp3) is 0.389. The van der Waals surface area contributed by atoms with Gasteiger partial charge in [0, 0.05) is 29.4 Å². The molecule has 0 saturated carbocycles. The van der Waals surface area contributed by atoms with E-state index in [2.05, 4.69) is 68.4 Å². The monoisotopic (exact) mass is 504 g/mol. The van der Waals surface area contributed by atoms with Crippen LogP contribution in [0.3, 0.4) is 0 Å². The van der Waals surface area contributed by atoms with E-state index in [1.54, 1.807) is 0 Å². The van der Waals surface area contributed by atoms with Crippen LogP contribution in [0.25, 0.3) is 43.1 Å². The van der Waals surface area contributed by atoms with E-state index in [0.717, 1.165) is 59.0 Å². The molecule has 5 aromatic carbocycles. The Morgan fingerprint density at radius 1 is 0.526 bits per heavy atom. The molecule has 0 aliphatic rings. The molecule has 38 heavy (non-hydrogen) atoms. The molecular weight excluding hydrogens is 464 g/mol. The van der Waals surface area contributed by atoms with Crippen molar-refractivity contribution in [2.24, 2.45) is 0 Å². The average molecular weight is 505 g/mol. The van der Waals surface area contributed by atoms with E-state index in [1.807, 2.05) is 6.07 Å². The van der Waals surface area contributed by atoms with Crippen LogP contribution in [0.5, 0.6) is 0 Å². The largest absolute Gasteiger partial charge is 0.294 e. The molecule has 0 aromatic heterocycles. The number of ketones is 2. The second-order valence-corrected chi connectivity index (χ2v) is 11.0. The lowest BCUT2D eigenvalue weighted by molar-refractivity contribution is 0.0947. The van der Waals surface area contributed by atoms with Gasteiger partial charge < -0.3 is 0 Å². The fourth-order valence-corrected chi connectivity index (χ4v) is 6.27. The zero-order chi connectivity index (χ0) is 26.5. The van der Waals surface area contributed by atoms with E-state index in [-0.39, 0.29) is 11.6 Å². The Balaban J connectivity index is 1.69. The third-order valence-corrected chi connectivity index (χ3v) is 8.22. The Labute approximate surface area is 226 Å². The summed E-state index contributed by atoms with van der Waals surface area (Å²) in [5.74, 6) is 0.240. The number of carbonyl (C=O) groups is 2. The Hall–Kier alpha value is -3.26. The maximum absolute atomic E-state index is 14.1. The topological polar surface area (TPSA) is 34.1 Å². The summed E-state index contributed by atoms with van der Waals surface area (Å²) in [5, 5.41) is 8.99. The first kappa shape index (κ1) is 26.4. The Bertz CT molecular complexity index is 1570. The van der Waals surface area contributed by atoms with E-state index >= 15 is 0 Å². The molecule has 0 aliphatic heterocycles. The van der Waals surface area contributed by atoms with Crippen molar-refractivity contribution >= 4 is 54.7 Å². The number of carbonyl (C=O) groups excluding carboxylic acids is 2. The molecule has 0 amide bonds.